The van der Waals surface area contributed by atoms with Gasteiger partial charge in [0.05, 0.1) is 4.90 Å². The predicted molar refractivity (Wildman–Crippen MR) is 53.8 cm³/mol. The van der Waals surface area contributed by atoms with Crippen molar-refractivity contribution in [1.82, 2.24) is 4.90 Å². The molecule has 0 spiro atoms. The number of halogens is 1. The summed E-state index contributed by atoms with van der Waals surface area (Å²) in [6.07, 6.45) is 0. The van der Waals surface area contributed by atoms with E-state index in [2.05, 4.69) is 0 Å². The van der Waals surface area contributed by atoms with E-state index >= 15 is 0 Å². The molecule has 13 heavy (non-hydrogen) atoms. The zero-order valence-electron chi connectivity index (χ0n) is 7.75. The average molecular weight is 200 g/mol. The highest BCUT2D eigenvalue weighted by atomic mass is 32.2. The SMILES string of the molecule is CN(C)Cc1ccc(SN)c(F)c1. The Morgan fingerprint density at radius 2 is 2.15 bits per heavy atom. The molecule has 0 radical (unpaired) electrons. The molecule has 1 aromatic rings. The Labute approximate surface area is 82.0 Å². The minimum absolute atomic E-state index is 0.244. The number of rotatable bonds is 3. The van der Waals surface area contributed by atoms with Crippen LogP contribution in [0.15, 0.2) is 23.1 Å². The van der Waals surface area contributed by atoms with Gasteiger partial charge < -0.3 is 4.90 Å². The highest BCUT2D eigenvalue weighted by Crippen LogP contribution is 2.18. The topological polar surface area (TPSA) is 29.3 Å². The largest absolute Gasteiger partial charge is 0.305 e. The summed E-state index contributed by atoms with van der Waals surface area (Å²) in [6.45, 7) is 0.742. The van der Waals surface area contributed by atoms with Crippen LogP contribution in [0.25, 0.3) is 0 Å². The molecule has 0 aliphatic heterocycles. The summed E-state index contributed by atoms with van der Waals surface area (Å²) in [5.74, 6) is -0.244. The summed E-state index contributed by atoms with van der Waals surface area (Å²) in [7, 11) is 3.90. The first kappa shape index (κ1) is 10.5. The van der Waals surface area contributed by atoms with Crippen LogP contribution in [0.5, 0.6) is 0 Å². The minimum atomic E-state index is -0.244. The first-order valence-corrected chi connectivity index (χ1v) is 4.81. The van der Waals surface area contributed by atoms with Crippen LogP contribution in [0.3, 0.4) is 0 Å². The third kappa shape index (κ3) is 2.99. The monoisotopic (exact) mass is 200 g/mol. The van der Waals surface area contributed by atoms with E-state index in [1.54, 1.807) is 6.07 Å². The molecule has 0 aliphatic carbocycles. The first-order chi connectivity index (χ1) is 6.13. The van der Waals surface area contributed by atoms with Gasteiger partial charge in [0.15, 0.2) is 0 Å². The second-order valence-electron chi connectivity index (χ2n) is 3.12. The fourth-order valence-corrected chi connectivity index (χ4v) is 1.42. The van der Waals surface area contributed by atoms with E-state index in [1.165, 1.54) is 6.07 Å². The highest BCUT2D eigenvalue weighted by Gasteiger charge is 2.02. The zero-order chi connectivity index (χ0) is 9.84. The van der Waals surface area contributed by atoms with Gasteiger partial charge >= 0.3 is 0 Å². The van der Waals surface area contributed by atoms with Crippen molar-refractivity contribution in [2.45, 2.75) is 11.4 Å². The molecule has 72 valence electrons. The van der Waals surface area contributed by atoms with E-state index in [9.17, 15) is 4.39 Å². The van der Waals surface area contributed by atoms with E-state index in [0.717, 1.165) is 24.1 Å². The molecule has 2 N–H and O–H groups in total. The Hall–Kier alpha value is -0.580. The van der Waals surface area contributed by atoms with E-state index in [4.69, 9.17) is 5.14 Å². The van der Waals surface area contributed by atoms with E-state index < -0.39 is 0 Å². The maximum atomic E-state index is 13.2. The molecule has 0 unspecified atom stereocenters. The van der Waals surface area contributed by atoms with Crippen LogP contribution >= 0.6 is 11.9 Å². The average Bonchev–Trinajstić information content (AvgIpc) is 2.03. The standard InChI is InChI=1S/C9H13FN2S/c1-12(2)6-7-3-4-9(13-11)8(10)5-7/h3-5H,6,11H2,1-2H3. The molecule has 2 nitrogen and oxygen atoms in total. The van der Waals surface area contributed by atoms with Gasteiger partial charge in [0.1, 0.15) is 5.82 Å². The molecule has 0 heterocycles. The second kappa shape index (κ2) is 4.60. The maximum Gasteiger partial charge on any atom is 0.138 e. The molecule has 0 amide bonds. The lowest BCUT2D eigenvalue weighted by Gasteiger charge is -2.10. The molecule has 0 saturated heterocycles. The summed E-state index contributed by atoms with van der Waals surface area (Å²) in [4.78, 5) is 2.48. The summed E-state index contributed by atoms with van der Waals surface area (Å²) in [5, 5.41) is 5.27. The molecule has 0 atom stereocenters. The van der Waals surface area contributed by atoms with Gasteiger partial charge in [-0.1, -0.05) is 6.07 Å². The number of hydrogen-bond donors (Lipinski definition) is 1. The Balaban J connectivity index is 2.83. The Morgan fingerprint density at radius 3 is 2.62 bits per heavy atom. The lowest BCUT2D eigenvalue weighted by Crippen LogP contribution is -2.10. The van der Waals surface area contributed by atoms with Gasteiger partial charge in [-0.3, -0.25) is 5.14 Å². The van der Waals surface area contributed by atoms with Gasteiger partial charge in [0.2, 0.25) is 0 Å². The Bertz CT molecular complexity index is 289. The van der Waals surface area contributed by atoms with Crippen LogP contribution in [0.1, 0.15) is 5.56 Å². The van der Waals surface area contributed by atoms with E-state index in [0.29, 0.717) is 4.90 Å². The van der Waals surface area contributed by atoms with Crippen molar-refractivity contribution in [3.05, 3.63) is 29.6 Å². The summed E-state index contributed by atoms with van der Waals surface area (Å²) >= 11 is 0.934. The fourth-order valence-electron chi connectivity index (χ4n) is 1.10. The van der Waals surface area contributed by atoms with Crippen molar-refractivity contribution in [3.63, 3.8) is 0 Å². The molecule has 4 heteroatoms. The molecule has 0 aromatic heterocycles. The van der Waals surface area contributed by atoms with Gasteiger partial charge in [-0.15, -0.1) is 0 Å². The third-order valence-electron chi connectivity index (χ3n) is 1.62. The second-order valence-corrected chi connectivity index (χ2v) is 3.80. The van der Waals surface area contributed by atoms with Gasteiger partial charge in [-0.25, -0.2) is 4.39 Å². The minimum Gasteiger partial charge on any atom is -0.305 e. The molecule has 0 saturated carbocycles. The van der Waals surface area contributed by atoms with Crippen molar-refractivity contribution >= 4 is 11.9 Å². The van der Waals surface area contributed by atoms with Crippen LogP contribution in [0, 0.1) is 5.82 Å². The van der Waals surface area contributed by atoms with Crippen LogP contribution in [-0.4, -0.2) is 19.0 Å². The number of hydrogen-bond acceptors (Lipinski definition) is 3. The highest BCUT2D eigenvalue weighted by molar-refractivity contribution is 7.97. The lowest BCUT2D eigenvalue weighted by atomic mass is 10.2. The lowest BCUT2D eigenvalue weighted by molar-refractivity contribution is 0.401. The normalized spacial score (nSPS) is 10.8. The Morgan fingerprint density at radius 1 is 1.46 bits per heavy atom. The number of nitrogens with two attached hydrogens (primary N) is 1. The molecule has 0 bridgehead atoms. The van der Waals surface area contributed by atoms with E-state index in [1.807, 2.05) is 25.1 Å². The van der Waals surface area contributed by atoms with Gasteiger partial charge in [-0.2, -0.15) is 0 Å². The summed E-state index contributed by atoms with van der Waals surface area (Å²) in [6, 6.07) is 5.12. The van der Waals surface area contributed by atoms with Crippen molar-refractivity contribution in [2.24, 2.45) is 5.14 Å². The smallest absolute Gasteiger partial charge is 0.138 e. The molecule has 0 fully saturated rings. The van der Waals surface area contributed by atoms with Gasteiger partial charge in [0.25, 0.3) is 0 Å². The molecule has 0 aliphatic rings. The van der Waals surface area contributed by atoms with Gasteiger partial charge in [-0.05, 0) is 43.7 Å². The third-order valence-corrected chi connectivity index (χ3v) is 2.21. The van der Waals surface area contributed by atoms with Gasteiger partial charge in [0, 0.05) is 6.54 Å². The van der Waals surface area contributed by atoms with Crippen molar-refractivity contribution in [3.8, 4) is 0 Å². The fraction of sp³-hybridized carbons (Fsp3) is 0.333. The maximum absolute atomic E-state index is 13.2. The molecule has 1 rings (SSSR count). The summed E-state index contributed by atoms with van der Waals surface area (Å²) < 4.78 is 13.2. The predicted octanol–water partition coefficient (Wildman–Crippen LogP) is 1.85. The Kier molecular flexibility index (Phi) is 3.71. The van der Waals surface area contributed by atoms with Crippen LogP contribution < -0.4 is 5.14 Å². The zero-order valence-corrected chi connectivity index (χ0v) is 8.57. The van der Waals surface area contributed by atoms with E-state index in [-0.39, 0.29) is 5.82 Å². The first-order valence-electron chi connectivity index (χ1n) is 3.93. The van der Waals surface area contributed by atoms with Crippen molar-refractivity contribution < 1.29 is 4.39 Å². The van der Waals surface area contributed by atoms with Crippen LogP contribution in [0.2, 0.25) is 0 Å². The summed E-state index contributed by atoms with van der Waals surface area (Å²) in [5.41, 5.74) is 0.959. The van der Waals surface area contributed by atoms with Crippen molar-refractivity contribution in [1.29, 1.82) is 0 Å². The molecular formula is C9H13FN2S. The number of benzene rings is 1. The molecular weight excluding hydrogens is 187 g/mol. The van der Waals surface area contributed by atoms with Crippen LogP contribution in [0.4, 0.5) is 4.39 Å². The number of nitrogens with zero attached hydrogens (tertiary/aromatic N) is 1. The molecule has 1 aromatic carbocycles. The van der Waals surface area contributed by atoms with Crippen LogP contribution in [-0.2, 0) is 6.54 Å². The quantitative estimate of drug-likeness (QED) is 0.755. The van der Waals surface area contributed by atoms with Crippen molar-refractivity contribution in [2.75, 3.05) is 14.1 Å².